The van der Waals surface area contributed by atoms with Gasteiger partial charge in [0.25, 0.3) is 10.0 Å². The SMILES string of the molecule is COc1ccc(OC)c(N(CC(=O)NC2CCCCCCC2)S(=O)(=O)c2ccc(OC)c(OC)c2)c1. The molecule has 10 heteroatoms. The van der Waals surface area contributed by atoms with Crippen LogP contribution in [0.15, 0.2) is 41.3 Å². The van der Waals surface area contributed by atoms with Crippen LogP contribution in [0.25, 0.3) is 0 Å². The van der Waals surface area contributed by atoms with Crippen LogP contribution in [0.5, 0.6) is 23.0 Å². The van der Waals surface area contributed by atoms with Gasteiger partial charge >= 0.3 is 0 Å². The van der Waals surface area contributed by atoms with Crippen LogP contribution >= 0.6 is 0 Å². The molecule has 1 aliphatic carbocycles. The van der Waals surface area contributed by atoms with E-state index >= 15 is 0 Å². The van der Waals surface area contributed by atoms with E-state index < -0.39 is 16.6 Å². The number of rotatable bonds is 10. The monoisotopic (exact) mass is 520 g/mol. The first-order valence-electron chi connectivity index (χ1n) is 12.1. The van der Waals surface area contributed by atoms with Crippen molar-refractivity contribution in [2.75, 3.05) is 39.3 Å². The Labute approximate surface area is 213 Å². The van der Waals surface area contributed by atoms with Gasteiger partial charge in [0.05, 0.1) is 39.0 Å². The third-order valence-electron chi connectivity index (χ3n) is 6.36. The van der Waals surface area contributed by atoms with Crippen LogP contribution in [0, 0.1) is 0 Å². The van der Waals surface area contributed by atoms with E-state index in [0.29, 0.717) is 17.2 Å². The molecule has 0 radical (unpaired) electrons. The second kappa shape index (κ2) is 12.7. The highest BCUT2D eigenvalue weighted by Gasteiger charge is 2.31. The van der Waals surface area contributed by atoms with Crippen LogP contribution in [0.1, 0.15) is 44.9 Å². The molecule has 2 aromatic carbocycles. The first kappa shape index (κ1) is 27.4. The molecular formula is C26H36N2O7S. The summed E-state index contributed by atoms with van der Waals surface area (Å²) in [7, 11) is 1.62. The van der Waals surface area contributed by atoms with Gasteiger partial charge in [-0.05, 0) is 37.1 Å². The molecule has 2 aromatic rings. The summed E-state index contributed by atoms with van der Waals surface area (Å²) < 4.78 is 50.3. The number of nitrogens with zero attached hydrogens (tertiary/aromatic N) is 1. The summed E-state index contributed by atoms with van der Waals surface area (Å²) in [5.74, 6) is 0.992. The largest absolute Gasteiger partial charge is 0.497 e. The molecule has 0 saturated heterocycles. The fourth-order valence-electron chi connectivity index (χ4n) is 4.40. The molecule has 0 spiro atoms. The highest BCUT2D eigenvalue weighted by atomic mass is 32.2. The van der Waals surface area contributed by atoms with Crippen LogP contribution in [-0.2, 0) is 14.8 Å². The predicted molar refractivity (Wildman–Crippen MR) is 138 cm³/mol. The molecule has 1 saturated carbocycles. The Bertz CT molecular complexity index is 1130. The maximum atomic E-state index is 13.9. The lowest BCUT2D eigenvalue weighted by atomic mass is 9.97. The van der Waals surface area contributed by atoms with Gasteiger partial charge in [-0.2, -0.15) is 0 Å². The maximum Gasteiger partial charge on any atom is 0.265 e. The van der Waals surface area contributed by atoms with E-state index in [4.69, 9.17) is 18.9 Å². The van der Waals surface area contributed by atoms with Crippen molar-refractivity contribution in [3.63, 3.8) is 0 Å². The molecule has 36 heavy (non-hydrogen) atoms. The third-order valence-corrected chi connectivity index (χ3v) is 8.11. The minimum Gasteiger partial charge on any atom is -0.497 e. The van der Waals surface area contributed by atoms with Crippen molar-refractivity contribution in [1.82, 2.24) is 5.32 Å². The van der Waals surface area contributed by atoms with Gasteiger partial charge in [0.15, 0.2) is 11.5 Å². The summed E-state index contributed by atoms with van der Waals surface area (Å²) in [6, 6.07) is 9.15. The zero-order chi connectivity index (χ0) is 26.1. The number of ether oxygens (including phenoxy) is 4. The molecule has 1 fully saturated rings. The Morgan fingerprint density at radius 3 is 2.06 bits per heavy atom. The molecule has 0 atom stereocenters. The summed E-state index contributed by atoms with van der Waals surface area (Å²) in [4.78, 5) is 13.2. The van der Waals surface area contributed by atoms with E-state index in [1.807, 2.05) is 0 Å². The Kier molecular flexibility index (Phi) is 9.69. The Morgan fingerprint density at radius 2 is 1.44 bits per heavy atom. The molecule has 1 amide bonds. The smallest absolute Gasteiger partial charge is 0.265 e. The first-order valence-corrected chi connectivity index (χ1v) is 13.5. The van der Waals surface area contributed by atoms with Gasteiger partial charge in [0.2, 0.25) is 5.91 Å². The summed E-state index contributed by atoms with van der Waals surface area (Å²) in [6.45, 7) is -0.420. The van der Waals surface area contributed by atoms with E-state index in [2.05, 4.69) is 5.32 Å². The van der Waals surface area contributed by atoms with Crippen LogP contribution in [0.4, 0.5) is 5.69 Å². The molecule has 0 aliphatic heterocycles. The van der Waals surface area contributed by atoms with Gasteiger partial charge in [-0.25, -0.2) is 8.42 Å². The molecule has 1 aliphatic rings. The number of carbonyl (C=O) groups excluding carboxylic acids is 1. The van der Waals surface area contributed by atoms with Gasteiger partial charge in [0.1, 0.15) is 18.0 Å². The van der Waals surface area contributed by atoms with Crippen molar-refractivity contribution in [2.45, 2.75) is 55.9 Å². The zero-order valence-electron chi connectivity index (χ0n) is 21.4. The van der Waals surface area contributed by atoms with Crippen LogP contribution in [0.3, 0.4) is 0 Å². The molecule has 198 valence electrons. The molecule has 0 heterocycles. The fraction of sp³-hybridized carbons (Fsp3) is 0.500. The van der Waals surface area contributed by atoms with Crippen LogP contribution in [-0.4, -0.2) is 55.4 Å². The second-order valence-electron chi connectivity index (χ2n) is 8.68. The van der Waals surface area contributed by atoms with Crippen molar-refractivity contribution < 1.29 is 32.2 Å². The molecular weight excluding hydrogens is 484 g/mol. The number of hydrogen-bond donors (Lipinski definition) is 1. The minimum atomic E-state index is -4.22. The lowest BCUT2D eigenvalue weighted by molar-refractivity contribution is -0.120. The molecule has 1 N–H and O–H groups in total. The van der Waals surface area contributed by atoms with Crippen molar-refractivity contribution in [2.24, 2.45) is 0 Å². The van der Waals surface area contributed by atoms with Crippen molar-refractivity contribution in [1.29, 1.82) is 0 Å². The minimum absolute atomic E-state index is 0.0237. The number of amides is 1. The summed E-state index contributed by atoms with van der Waals surface area (Å²) in [6.07, 6.45) is 7.37. The standard InChI is InChI=1S/C26H36N2O7S/c1-32-20-12-14-23(33-2)22(16-20)28(18-26(29)27-19-10-8-6-5-7-9-11-19)36(30,31)21-13-15-24(34-3)25(17-21)35-4/h12-17,19H,5-11,18H2,1-4H3,(H,27,29). The topological polar surface area (TPSA) is 103 Å². The van der Waals surface area contributed by atoms with Crippen molar-refractivity contribution in [3.8, 4) is 23.0 Å². The second-order valence-corrected chi connectivity index (χ2v) is 10.5. The molecule has 0 aromatic heterocycles. The number of benzene rings is 2. The van der Waals surface area contributed by atoms with Gasteiger partial charge < -0.3 is 24.3 Å². The summed E-state index contributed by atoms with van der Waals surface area (Å²) >= 11 is 0. The number of carbonyl (C=O) groups is 1. The Balaban J connectivity index is 2.01. The fourth-order valence-corrected chi connectivity index (χ4v) is 5.84. The van der Waals surface area contributed by atoms with E-state index in [1.165, 1.54) is 53.1 Å². The van der Waals surface area contributed by atoms with E-state index in [9.17, 15) is 13.2 Å². The van der Waals surface area contributed by atoms with E-state index in [0.717, 1.165) is 42.8 Å². The maximum absolute atomic E-state index is 13.9. The third kappa shape index (κ3) is 6.54. The molecule has 9 nitrogen and oxygen atoms in total. The summed E-state index contributed by atoms with van der Waals surface area (Å²) in [5, 5.41) is 3.06. The zero-order valence-corrected chi connectivity index (χ0v) is 22.2. The van der Waals surface area contributed by atoms with Gasteiger partial charge in [-0.3, -0.25) is 9.10 Å². The van der Waals surface area contributed by atoms with Crippen molar-refractivity contribution >= 4 is 21.6 Å². The number of sulfonamides is 1. The number of anilines is 1. The lowest BCUT2D eigenvalue weighted by Crippen LogP contribution is -2.44. The van der Waals surface area contributed by atoms with Crippen molar-refractivity contribution in [3.05, 3.63) is 36.4 Å². The molecule has 0 unspecified atom stereocenters. The van der Waals surface area contributed by atoms with Crippen LogP contribution < -0.4 is 28.6 Å². The van der Waals surface area contributed by atoms with Crippen LogP contribution in [0.2, 0.25) is 0 Å². The average Bonchev–Trinajstić information content (AvgIpc) is 2.87. The highest BCUT2D eigenvalue weighted by Crippen LogP contribution is 2.37. The quantitative estimate of drug-likeness (QED) is 0.502. The lowest BCUT2D eigenvalue weighted by Gasteiger charge is -2.28. The Morgan fingerprint density at radius 1 is 0.833 bits per heavy atom. The summed E-state index contributed by atoms with van der Waals surface area (Å²) in [5.41, 5.74) is 0.194. The molecule has 3 rings (SSSR count). The predicted octanol–water partition coefficient (Wildman–Crippen LogP) is 4.15. The number of nitrogens with one attached hydrogen (secondary N) is 1. The van der Waals surface area contributed by atoms with Gasteiger partial charge in [-0.15, -0.1) is 0 Å². The first-order chi connectivity index (χ1) is 17.3. The average molecular weight is 521 g/mol. The Hall–Kier alpha value is -3.14. The molecule has 0 bridgehead atoms. The van der Waals surface area contributed by atoms with Gasteiger partial charge in [0, 0.05) is 18.2 Å². The normalized spacial score (nSPS) is 14.8. The van der Waals surface area contributed by atoms with E-state index in [-0.39, 0.29) is 28.3 Å². The highest BCUT2D eigenvalue weighted by molar-refractivity contribution is 7.92. The van der Waals surface area contributed by atoms with E-state index in [1.54, 1.807) is 18.2 Å². The van der Waals surface area contributed by atoms with Gasteiger partial charge in [-0.1, -0.05) is 32.1 Å². The number of methoxy groups -OCH3 is 4. The number of hydrogen-bond acceptors (Lipinski definition) is 7.